The number of hydrogen-bond donors (Lipinski definition) is 0. The molecule has 1 amide bonds. The van der Waals surface area contributed by atoms with Crippen molar-refractivity contribution in [3.8, 4) is 0 Å². The summed E-state index contributed by atoms with van der Waals surface area (Å²) in [5.74, 6) is 0.602. The molecule has 1 saturated carbocycles. The summed E-state index contributed by atoms with van der Waals surface area (Å²) in [6, 6.07) is 12.9. The summed E-state index contributed by atoms with van der Waals surface area (Å²) in [5.41, 5.74) is 3.73. The van der Waals surface area contributed by atoms with Crippen molar-refractivity contribution in [3.05, 3.63) is 59.4 Å². The number of hydrogen-bond acceptors (Lipinski definition) is 1. The molecule has 0 spiro atoms. The van der Waals surface area contributed by atoms with Crippen molar-refractivity contribution in [2.75, 3.05) is 6.54 Å². The smallest absolute Gasteiger partial charge is 0.226 e. The fourth-order valence-corrected chi connectivity index (χ4v) is 4.22. The largest absolute Gasteiger partial charge is 0.348 e. The molecule has 120 valence electrons. The Labute approximate surface area is 137 Å². The highest BCUT2D eigenvalue weighted by molar-refractivity contribution is 5.80. The van der Waals surface area contributed by atoms with Gasteiger partial charge in [-0.3, -0.25) is 4.79 Å². The van der Waals surface area contributed by atoms with Gasteiger partial charge < -0.3 is 9.47 Å². The maximum atomic E-state index is 13.1. The number of carbonyl (C=O) groups is 1. The Morgan fingerprint density at radius 1 is 1.09 bits per heavy atom. The first-order valence-corrected chi connectivity index (χ1v) is 8.76. The number of benzene rings is 1. The molecule has 1 atom stereocenters. The van der Waals surface area contributed by atoms with E-state index >= 15 is 0 Å². The molecule has 1 fully saturated rings. The molecule has 1 aliphatic heterocycles. The molecule has 4 rings (SSSR count). The Morgan fingerprint density at radius 3 is 2.70 bits per heavy atom. The molecule has 2 heterocycles. The summed E-state index contributed by atoms with van der Waals surface area (Å²) < 4.78 is 2.30. The highest BCUT2D eigenvalue weighted by Gasteiger charge is 2.36. The molecular formula is C20H24N2O. The van der Waals surface area contributed by atoms with Crippen LogP contribution in [0.25, 0.3) is 0 Å². The van der Waals surface area contributed by atoms with Crippen molar-refractivity contribution in [2.24, 2.45) is 5.92 Å². The molecule has 1 aromatic carbocycles. The third-order valence-corrected chi connectivity index (χ3v) is 5.38. The Bertz CT molecular complexity index is 712. The molecule has 0 N–H and O–H groups in total. The van der Waals surface area contributed by atoms with Crippen LogP contribution in [-0.2, 0) is 11.3 Å². The topological polar surface area (TPSA) is 25.2 Å². The van der Waals surface area contributed by atoms with Gasteiger partial charge in [0.05, 0.1) is 6.04 Å². The van der Waals surface area contributed by atoms with Crippen LogP contribution in [0.15, 0.2) is 42.6 Å². The van der Waals surface area contributed by atoms with Crippen molar-refractivity contribution in [2.45, 2.75) is 45.2 Å². The van der Waals surface area contributed by atoms with Gasteiger partial charge in [0.1, 0.15) is 0 Å². The van der Waals surface area contributed by atoms with Gasteiger partial charge in [0, 0.05) is 30.9 Å². The van der Waals surface area contributed by atoms with E-state index in [-0.39, 0.29) is 12.0 Å². The van der Waals surface area contributed by atoms with Gasteiger partial charge in [-0.05, 0) is 37.5 Å². The van der Waals surface area contributed by atoms with E-state index in [4.69, 9.17) is 0 Å². The van der Waals surface area contributed by atoms with Crippen LogP contribution < -0.4 is 0 Å². The van der Waals surface area contributed by atoms with Crippen LogP contribution in [0.5, 0.6) is 0 Å². The third kappa shape index (κ3) is 2.58. The third-order valence-electron chi connectivity index (χ3n) is 5.38. The van der Waals surface area contributed by atoms with E-state index in [1.165, 1.54) is 29.7 Å². The second-order valence-electron chi connectivity index (χ2n) is 6.96. The monoisotopic (exact) mass is 308 g/mol. The number of rotatable bonds is 2. The van der Waals surface area contributed by atoms with Crippen molar-refractivity contribution < 1.29 is 4.79 Å². The van der Waals surface area contributed by atoms with Crippen LogP contribution in [0.2, 0.25) is 0 Å². The Hall–Kier alpha value is -2.03. The number of fused-ring (bicyclic) bond motifs is 1. The summed E-state index contributed by atoms with van der Waals surface area (Å²) in [6.45, 7) is 3.84. The van der Waals surface area contributed by atoms with Gasteiger partial charge in [0.2, 0.25) is 5.91 Å². The number of nitrogens with zero attached hydrogens (tertiary/aromatic N) is 2. The molecule has 0 bridgehead atoms. The van der Waals surface area contributed by atoms with Gasteiger partial charge in [0.15, 0.2) is 0 Å². The zero-order chi connectivity index (χ0) is 15.8. The summed E-state index contributed by atoms with van der Waals surface area (Å²) in [5, 5.41) is 0. The molecule has 23 heavy (non-hydrogen) atoms. The lowest BCUT2D eigenvalue weighted by atomic mass is 9.96. The molecule has 2 aliphatic rings. The van der Waals surface area contributed by atoms with Gasteiger partial charge in [-0.2, -0.15) is 0 Å². The lowest BCUT2D eigenvalue weighted by molar-refractivity contribution is -0.138. The number of aryl methyl sites for hydroxylation is 1. The van der Waals surface area contributed by atoms with Crippen LogP contribution in [-0.4, -0.2) is 21.9 Å². The summed E-state index contributed by atoms with van der Waals surface area (Å²) >= 11 is 0. The van der Waals surface area contributed by atoms with Crippen molar-refractivity contribution >= 4 is 5.91 Å². The standard InChI is InChI=1S/C20H24N2O/c1-15-6-4-9-17(14-15)19-18-10-5-11-21(18)12-13-22(19)20(23)16-7-2-3-8-16/h4-6,9-11,14,16,19H,2-3,7-8,12-13H2,1H3. The molecule has 1 aromatic heterocycles. The zero-order valence-electron chi connectivity index (χ0n) is 13.7. The number of amides is 1. The van der Waals surface area contributed by atoms with Gasteiger partial charge in [-0.1, -0.05) is 42.7 Å². The van der Waals surface area contributed by atoms with Gasteiger partial charge >= 0.3 is 0 Å². The first-order chi connectivity index (χ1) is 11.2. The Balaban J connectivity index is 1.74. The number of carbonyl (C=O) groups excluding carboxylic acids is 1. The molecule has 3 heteroatoms. The highest BCUT2D eigenvalue weighted by atomic mass is 16.2. The van der Waals surface area contributed by atoms with Crippen LogP contribution in [0, 0.1) is 12.8 Å². The van der Waals surface area contributed by atoms with Gasteiger partial charge in [0.25, 0.3) is 0 Å². The van der Waals surface area contributed by atoms with E-state index in [9.17, 15) is 4.79 Å². The van der Waals surface area contributed by atoms with Crippen molar-refractivity contribution in [3.63, 3.8) is 0 Å². The maximum absolute atomic E-state index is 13.1. The molecular weight excluding hydrogens is 284 g/mol. The maximum Gasteiger partial charge on any atom is 0.226 e. The van der Waals surface area contributed by atoms with E-state index in [2.05, 4.69) is 59.0 Å². The predicted octanol–water partition coefficient (Wildman–Crippen LogP) is 3.92. The lowest BCUT2D eigenvalue weighted by Crippen LogP contribution is -2.44. The molecule has 2 aromatic rings. The van der Waals surface area contributed by atoms with Crippen LogP contribution in [0.1, 0.15) is 48.5 Å². The first kappa shape index (κ1) is 14.6. The molecule has 0 saturated heterocycles. The van der Waals surface area contributed by atoms with Crippen LogP contribution in [0.4, 0.5) is 0 Å². The average Bonchev–Trinajstić information content (AvgIpc) is 3.24. The molecule has 1 aliphatic carbocycles. The van der Waals surface area contributed by atoms with Crippen molar-refractivity contribution in [1.29, 1.82) is 0 Å². The normalized spacial score (nSPS) is 21.4. The fraction of sp³-hybridized carbons (Fsp3) is 0.450. The van der Waals surface area contributed by atoms with Crippen molar-refractivity contribution in [1.82, 2.24) is 9.47 Å². The van der Waals surface area contributed by atoms with E-state index in [0.29, 0.717) is 5.91 Å². The van der Waals surface area contributed by atoms with Gasteiger partial charge in [-0.25, -0.2) is 0 Å². The zero-order valence-corrected chi connectivity index (χ0v) is 13.7. The molecule has 0 radical (unpaired) electrons. The van der Waals surface area contributed by atoms with E-state index in [1.807, 2.05) is 0 Å². The van der Waals surface area contributed by atoms with E-state index < -0.39 is 0 Å². The second kappa shape index (κ2) is 5.88. The predicted molar refractivity (Wildman–Crippen MR) is 91.1 cm³/mol. The molecule has 3 nitrogen and oxygen atoms in total. The van der Waals surface area contributed by atoms with E-state index in [1.54, 1.807) is 0 Å². The minimum atomic E-state index is 0.0618. The highest BCUT2D eigenvalue weighted by Crippen LogP contribution is 2.36. The minimum absolute atomic E-state index is 0.0618. The quantitative estimate of drug-likeness (QED) is 0.825. The number of aromatic nitrogens is 1. The van der Waals surface area contributed by atoms with Crippen LogP contribution in [0.3, 0.4) is 0 Å². The summed E-state index contributed by atoms with van der Waals surface area (Å²) in [4.78, 5) is 15.3. The first-order valence-electron chi connectivity index (χ1n) is 8.76. The SMILES string of the molecule is Cc1cccc(C2c3cccn3CCN2C(=O)C2CCCC2)c1. The van der Waals surface area contributed by atoms with Gasteiger partial charge in [-0.15, -0.1) is 0 Å². The summed E-state index contributed by atoms with van der Waals surface area (Å²) in [7, 11) is 0. The lowest BCUT2D eigenvalue weighted by Gasteiger charge is -2.39. The van der Waals surface area contributed by atoms with E-state index in [0.717, 1.165) is 25.9 Å². The second-order valence-corrected chi connectivity index (χ2v) is 6.96. The Kier molecular flexibility index (Phi) is 3.72. The summed E-state index contributed by atoms with van der Waals surface area (Å²) in [6.07, 6.45) is 6.68. The fourth-order valence-electron chi connectivity index (χ4n) is 4.22. The minimum Gasteiger partial charge on any atom is -0.348 e. The molecule has 1 unspecified atom stereocenters. The Morgan fingerprint density at radius 2 is 1.91 bits per heavy atom. The average molecular weight is 308 g/mol. The van der Waals surface area contributed by atoms with Crippen LogP contribution >= 0.6 is 0 Å².